The smallest absolute Gasteiger partial charge is 0.345 e. The fraction of sp³-hybridized carbons (Fsp3) is 0.433. The third-order valence-electron chi connectivity index (χ3n) is 15.9. The molecule has 6 saturated heterocycles. The molecule has 6 amide bonds. The number of anilines is 8. The van der Waals surface area contributed by atoms with Crippen molar-refractivity contribution >= 4 is 70.4 Å². The lowest BCUT2D eigenvalue weighted by molar-refractivity contribution is 0.0654. The molecule has 2 atom stereocenters. The summed E-state index contributed by atoms with van der Waals surface area (Å²) in [6.45, 7) is 17.0. The van der Waals surface area contributed by atoms with Gasteiger partial charge in [-0.3, -0.25) is 9.59 Å². The van der Waals surface area contributed by atoms with E-state index in [4.69, 9.17) is 48.9 Å². The van der Waals surface area contributed by atoms with Gasteiger partial charge in [-0.1, -0.05) is 0 Å². The molecule has 0 aliphatic carbocycles. The SMILES string of the molecule is CC1CN(C(=O)c2ccc(NC(=O)N(c3ccc(-c4nc(N5CCOCC5)nc(N5CCOCC5)n4)cc3)N(C(=O)Nc3ccc(C(=O)N4CCNCC4C)cc3)c3ccc(-c4nc(N5CCOCC5)nc(N5CCOCC5)n4)cc3)cc2)CCN1. The molecule has 0 spiro atoms. The highest BCUT2D eigenvalue weighted by Gasteiger charge is 2.33. The fourth-order valence-corrected chi connectivity index (χ4v) is 11.1. The maximum atomic E-state index is 15.5. The van der Waals surface area contributed by atoms with Crippen LogP contribution in [0.3, 0.4) is 0 Å². The summed E-state index contributed by atoms with van der Waals surface area (Å²) in [4.78, 5) is 100. The average Bonchev–Trinajstić information content (AvgIpc) is 3.38. The van der Waals surface area contributed by atoms with E-state index < -0.39 is 12.1 Å². The molecule has 0 radical (unpaired) electrons. The zero-order chi connectivity index (χ0) is 58.9. The maximum absolute atomic E-state index is 15.5. The van der Waals surface area contributed by atoms with E-state index in [1.54, 1.807) is 72.8 Å². The first-order chi connectivity index (χ1) is 42.1. The number of nitrogens with zero attached hydrogens (tertiary/aromatic N) is 14. The second kappa shape index (κ2) is 26.7. The monoisotopic (exact) mass is 1170 g/mol. The molecule has 8 heterocycles. The number of carbonyl (C=O) groups excluding carboxylic acids is 4. The molecule has 0 saturated carbocycles. The van der Waals surface area contributed by atoms with Crippen LogP contribution in [0.1, 0.15) is 34.6 Å². The van der Waals surface area contributed by atoms with Crippen molar-refractivity contribution < 1.29 is 38.1 Å². The Morgan fingerprint density at radius 2 is 0.849 bits per heavy atom. The van der Waals surface area contributed by atoms with E-state index in [0.29, 0.717) is 214 Å². The van der Waals surface area contributed by atoms with E-state index in [2.05, 4.69) is 40.9 Å². The van der Waals surface area contributed by atoms with Crippen LogP contribution in [0.15, 0.2) is 97.1 Å². The molecular formula is C60H72N18O8. The van der Waals surface area contributed by atoms with Crippen LogP contribution in [0.5, 0.6) is 0 Å². The summed E-state index contributed by atoms with van der Waals surface area (Å²) >= 11 is 0. The number of aromatic nitrogens is 6. The largest absolute Gasteiger partial charge is 0.378 e. The van der Waals surface area contributed by atoms with Crippen LogP contribution < -0.4 is 50.9 Å². The summed E-state index contributed by atoms with van der Waals surface area (Å²) in [5.74, 6) is 2.70. The number of amides is 6. The lowest BCUT2D eigenvalue weighted by Gasteiger charge is -2.35. The van der Waals surface area contributed by atoms with Crippen molar-refractivity contribution in [2.24, 2.45) is 0 Å². The number of morpholine rings is 4. The molecule has 2 aromatic heterocycles. The Bertz CT molecular complexity index is 3250. The second-order valence-electron chi connectivity index (χ2n) is 21.8. The van der Waals surface area contributed by atoms with Gasteiger partial charge in [-0.2, -0.15) is 39.9 Å². The van der Waals surface area contributed by atoms with Gasteiger partial charge in [-0.05, 0) is 111 Å². The van der Waals surface area contributed by atoms with Gasteiger partial charge in [0.25, 0.3) is 11.8 Å². The Balaban J connectivity index is 0.926. The van der Waals surface area contributed by atoms with Crippen LogP contribution in [0.4, 0.5) is 56.1 Å². The number of ether oxygens (including phenoxy) is 4. The Morgan fingerprint density at radius 1 is 0.465 bits per heavy atom. The number of piperazine rings is 2. The van der Waals surface area contributed by atoms with E-state index in [9.17, 15) is 9.59 Å². The van der Waals surface area contributed by atoms with Crippen LogP contribution in [-0.4, -0.2) is 220 Å². The van der Waals surface area contributed by atoms with Crippen LogP contribution in [0.25, 0.3) is 22.8 Å². The summed E-state index contributed by atoms with van der Waals surface area (Å²) in [6, 6.07) is 26.3. The molecule has 6 fully saturated rings. The number of urea groups is 2. The van der Waals surface area contributed by atoms with Gasteiger partial charge < -0.3 is 69.6 Å². The minimum Gasteiger partial charge on any atom is -0.378 e. The molecule has 6 aromatic rings. The van der Waals surface area contributed by atoms with Crippen molar-refractivity contribution in [3.05, 3.63) is 108 Å². The molecular weight excluding hydrogens is 1100 g/mol. The van der Waals surface area contributed by atoms with Crippen LogP contribution in [0.2, 0.25) is 0 Å². The van der Waals surface area contributed by atoms with Crippen molar-refractivity contribution in [2.75, 3.05) is 185 Å². The van der Waals surface area contributed by atoms with Crippen molar-refractivity contribution in [3.8, 4) is 22.8 Å². The number of hydrazine groups is 1. The minimum absolute atomic E-state index is 0.00423. The van der Waals surface area contributed by atoms with Crippen LogP contribution in [-0.2, 0) is 18.9 Å². The number of hydrogen-bond donors (Lipinski definition) is 4. The zero-order valence-electron chi connectivity index (χ0n) is 48.5. The minimum atomic E-state index is -0.717. The molecule has 0 bridgehead atoms. The molecule has 26 nitrogen and oxygen atoms in total. The van der Waals surface area contributed by atoms with Gasteiger partial charge in [0.2, 0.25) is 23.8 Å². The lowest BCUT2D eigenvalue weighted by Crippen LogP contribution is -2.54. The lowest BCUT2D eigenvalue weighted by atomic mass is 10.1. The first kappa shape index (κ1) is 57.8. The van der Waals surface area contributed by atoms with E-state index in [1.165, 1.54) is 10.0 Å². The fourth-order valence-electron chi connectivity index (χ4n) is 11.1. The molecule has 12 rings (SSSR count). The third-order valence-corrected chi connectivity index (χ3v) is 15.9. The average molecular weight is 1170 g/mol. The molecule has 4 aromatic carbocycles. The quantitative estimate of drug-likeness (QED) is 0.125. The van der Waals surface area contributed by atoms with Crippen molar-refractivity contribution in [1.29, 1.82) is 0 Å². The van der Waals surface area contributed by atoms with Gasteiger partial charge in [0.1, 0.15) is 0 Å². The van der Waals surface area contributed by atoms with Gasteiger partial charge in [0, 0.05) is 137 Å². The predicted molar refractivity (Wildman–Crippen MR) is 325 cm³/mol. The highest BCUT2D eigenvalue weighted by atomic mass is 16.5. The predicted octanol–water partition coefficient (Wildman–Crippen LogP) is 4.30. The molecule has 4 N–H and O–H groups in total. The second-order valence-corrected chi connectivity index (χ2v) is 21.8. The van der Waals surface area contributed by atoms with Gasteiger partial charge in [0.05, 0.1) is 64.2 Å². The maximum Gasteiger partial charge on any atom is 0.345 e. The number of benzene rings is 4. The Morgan fingerprint density at radius 3 is 1.22 bits per heavy atom. The van der Waals surface area contributed by atoms with Crippen molar-refractivity contribution in [3.63, 3.8) is 0 Å². The Labute approximate surface area is 498 Å². The summed E-state index contributed by atoms with van der Waals surface area (Å²) in [5.41, 5.74) is 3.53. The first-order valence-electron chi connectivity index (χ1n) is 29.6. The van der Waals surface area contributed by atoms with E-state index in [1.807, 2.05) is 47.9 Å². The van der Waals surface area contributed by atoms with E-state index in [0.717, 1.165) is 0 Å². The molecule has 86 heavy (non-hydrogen) atoms. The molecule has 26 heteroatoms. The van der Waals surface area contributed by atoms with Gasteiger partial charge >= 0.3 is 12.1 Å². The normalized spacial score (nSPS) is 19.4. The number of carbonyl (C=O) groups is 4. The molecule has 450 valence electrons. The first-order valence-corrected chi connectivity index (χ1v) is 29.6. The summed E-state index contributed by atoms with van der Waals surface area (Å²) in [7, 11) is 0. The van der Waals surface area contributed by atoms with E-state index in [-0.39, 0.29) is 35.3 Å². The van der Waals surface area contributed by atoms with Crippen molar-refractivity contribution in [1.82, 2.24) is 50.3 Å². The third kappa shape index (κ3) is 13.4. The van der Waals surface area contributed by atoms with Crippen molar-refractivity contribution in [2.45, 2.75) is 25.9 Å². The number of nitrogens with one attached hydrogen (secondary N) is 4. The standard InChI is InChI=1S/C60H72N18O8/c1-41-40-75(21-20-62-41)53(79)45-3-11-47(12-4-45)63-59(81)77(49-15-7-43(8-16-49)51-65-55(71-23-31-83-32-24-71)69-56(66-51)72-25-33-84-34-26-72)78(60(82)64-48-13-5-46(6-14-48)54(80)76-22-19-61-39-42(76)2)50-17-9-44(10-18-50)52-67-57(73-27-35-85-36-28-73)70-58(68-52)74-29-37-86-38-30-74/h3-18,41-42,61-62H,19-40H2,1-2H3,(H,63,81)(H,64,82). The molecule has 6 aliphatic heterocycles. The summed E-state index contributed by atoms with van der Waals surface area (Å²) in [5, 5.41) is 15.3. The zero-order valence-corrected chi connectivity index (χ0v) is 48.5. The number of rotatable bonds is 12. The highest BCUT2D eigenvalue weighted by Crippen LogP contribution is 2.32. The van der Waals surface area contributed by atoms with Crippen LogP contribution >= 0.6 is 0 Å². The van der Waals surface area contributed by atoms with E-state index >= 15 is 9.59 Å². The topological polar surface area (TPSA) is 257 Å². The molecule has 6 aliphatic rings. The highest BCUT2D eigenvalue weighted by molar-refractivity contribution is 6.13. The van der Waals surface area contributed by atoms with Gasteiger partial charge in [0.15, 0.2) is 11.6 Å². The molecule has 2 unspecified atom stereocenters. The Kier molecular flexibility index (Phi) is 17.9. The van der Waals surface area contributed by atoms with Gasteiger partial charge in [-0.15, -0.1) is 0 Å². The van der Waals surface area contributed by atoms with Crippen LogP contribution in [0, 0.1) is 0 Å². The Hall–Kier alpha value is -8.66. The summed E-state index contributed by atoms with van der Waals surface area (Å²) < 4.78 is 22.7. The van der Waals surface area contributed by atoms with Gasteiger partial charge in [-0.25, -0.2) is 9.59 Å². The number of hydrogen-bond acceptors (Lipinski definition) is 20. The summed E-state index contributed by atoms with van der Waals surface area (Å²) in [6.07, 6.45) is 0.